The maximum absolute atomic E-state index is 11.2. The number of nitrogens with zero attached hydrogens (tertiary/aromatic N) is 1. The Morgan fingerprint density at radius 3 is 2.53 bits per heavy atom. The van der Waals surface area contributed by atoms with E-state index in [1.165, 1.54) is 0 Å². The highest BCUT2D eigenvalue weighted by atomic mass is 36.0. The molecule has 1 aromatic rings. The van der Waals surface area contributed by atoms with Crippen LogP contribution >= 0.6 is 33.0 Å². The first kappa shape index (κ1) is 16.6. The van der Waals surface area contributed by atoms with Crippen molar-refractivity contribution in [1.82, 2.24) is 4.98 Å². The average Bonchev–Trinajstić information content (AvgIpc) is 2.29. The Labute approximate surface area is 116 Å². The molecule has 0 bridgehead atoms. The number of ether oxygens (including phenoxy) is 1. The van der Waals surface area contributed by atoms with Gasteiger partial charge in [-0.25, -0.2) is 14.0 Å². The Kier molecular flexibility index (Phi) is 9.44. The molecule has 0 aliphatic carbocycles. The number of rotatable bonds is 3. The van der Waals surface area contributed by atoms with Crippen molar-refractivity contribution in [2.45, 2.75) is 12.8 Å². The molecule has 1 heterocycles. The van der Waals surface area contributed by atoms with E-state index in [4.69, 9.17) is 20.5 Å². The molecule has 17 heavy (non-hydrogen) atoms. The van der Waals surface area contributed by atoms with Crippen LogP contribution in [0.25, 0.3) is 0 Å². The summed E-state index contributed by atoms with van der Waals surface area (Å²) in [5.41, 5.74) is 0.979. The van der Waals surface area contributed by atoms with Gasteiger partial charge in [0.15, 0.2) is 0 Å². The molecule has 0 aliphatic rings. The third kappa shape index (κ3) is 8.37. The quantitative estimate of drug-likeness (QED) is 0.488. The van der Waals surface area contributed by atoms with E-state index >= 15 is 0 Å². The third-order valence-electron chi connectivity index (χ3n) is 1.43. The summed E-state index contributed by atoms with van der Waals surface area (Å²) in [5.74, 6) is -0.109. The van der Waals surface area contributed by atoms with Gasteiger partial charge in [-0.05, 0) is 19.1 Å². The molecule has 0 radical (unpaired) electrons. The largest absolute Gasteiger partial charge is 0.461 e. The number of carbonyl (C=O) groups excluding carboxylic acids is 1. The molecule has 0 amide bonds. The zero-order chi connectivity index (χ0) is 13.3. The Bertz CT molecular complexity index is 386. The van der Waals surface area contributed by atoms with Gasteiger partial charge in [0.1, 0.15) is 5.69 Å². The van der Waals surface area contributed by atoms with Crippen LogP contribution in [0.4, 0.5) is 0 Å². The Balaban J connectivity index is 0.000000557. The summed E-state index contributed by atoms with van der Waals surface area (Å²) in [6.45, 7) is 2.11. The summed E-state index contributed by atoms with van der Waals surface area (Å²) < 4.78 is 13.9. The van der Waals surface area contributed by atoms with E-state index in [9.17, 15) is 4.79 Å². The van der Waals surface area contributed by atoms with Crippen LogP contribution in [-0.2, 0) is 19.8 Å². The highest BCUT2D eigenvalue weighted by Gasteiger charge is 2.07. The van der Waals surface area contributed by atoms with Crippen LogP contribution in [0.3, 0.4) is 0 Å². The van der Waals surface area contributed by atoms with Gasteiger partial charge in [-0.3, -0.25) is 0 Å². The number of carbonyl (C=O) groups is 1. The number of hydrogen-bond donors (Lipinski definition) is 0. The molecule has 8 heteroatoms. The first-order chi connectivity index (χ1) is 8.01. The molecular formula is C9H10Cl3NO3S. The van der Waals surface area contributed by atoms with Crippen molar-refractivity contribution < 1.29 is 13.7 Å². The molecule has 1 aromatic heterocycles. The van der Waals surface area contributed by atoms with E-state index < -0.39 is 15.2 Å². The van der Waals surface area contributed by atoms with Crippen molar-refractivity contribution in [2.75, 3.05) is 6.61 Å². The maximum Gasteiger partial charge on any atom is 0.356 e. The van der Waals surface area contributed by atoms with E-state index in [2.05, 4.69) is 26.3 Å². The molecule has 1 rings (SSSR count). The summed E-state index contributed by atoms with van der Waals surface area (Å²) in [6, 6.07) is 5.10. The number of aromatic nitrogens is 1. The minimum absolute atomic E-state index is 0.299. The van der Waals surface area contributed by atoms with Crippen LogP contribution in [0.5, 0.6) is 0 Å². The van der Waals surface area contributed by atoms with Crippen molar-refractivity contribution >= 4 is 48.2 Å². The van der Waals surface area contributed by atoms with Crippen LogP contribution in [0.2, 0.25) is 0 Å². The number of halogens is 3. The van der Waals surface area contributed by atoms with Crippen molar-refractivity contribution in [3.63, 3.8) is 0 Å². The van der Waals surface area contributed by atoms with Gasteiger partial charge in [-0.2, -0.15) is 0 Å². The molecule has 0 saturated heterocycles. The molecule has 0 atom stereocenters. The highest BCUT2D eigenvalue weighted by molar-refractivity contribution is 8.26. The van der Waals surface area contributed by atoms with Gasteiger partial charge in [-0.15, -0.1) is 11.6 Å². The van der Waals surface area contributed by atoms with Gasteiger partial charge in [-0.1, -0.05) is 6.07 Å². The van der Waals surface area contributed by atoms with E-state index in [1.54, 1.807) is 25.1 Å². The summed E-state index contributed by atoms with van der Waals surface area (Å²) in [5, 5.41) is 0. The van der Waals surface area contributed by atoms with Crippen LogP contribution in [0.15, 0.2) is 18.2 Å². The standard InChI is InChI=1S/C9H10ClNO2.Cl2OS/c1-2-13-9(12)8-5-3-4-7(6-10)11-8;1-4(2)3/h3-5H,2,6H2,1H3;. The lowest BCUT2D eigenvalue weighted by atomic mass is 10.3. The number of esters is 1. The van der Waals surface area contributed by atoms with Gasteiger partial charge in [0.25, 0.3) is 0 Å². The zero-order valence-electron chi connectivity index (χ0n) is 8.86. The molecule has 0 fully saturated rings. The number of hydrogen-bond acceptors (Lipinski definition) is 4. The molecular weight excluding hydrogens is 309 g/mol. The molecule has 96 valence electrons. The fourth-order valence-electron chi connectivity index (χ4n) is 0.873. The lowest BCUT2D eigenvalue weighted by Gasteiger charge is -2.01. The van der Waals surface area contributed by atoms with E-state index in [0.29, 0.717) is 23.9 Å². The SMILES string of the molecule is CCOC(=O)c1cccc(CCl)n1.O=S(Cl)Cl. The van der Waals surface area contributed by atoms with Crippen LogP contribution in [0, 0.1) is 0 Å². The summed E-state index contributed by atoms with van der Waals surface area (Å²) in [7, 11) is 7.36. The molecule has 0 N–H and O–H groups in total. The average molecular weight is 319 g/mol. The fraction of sp³-hybridized carbons (Fsp3) is 0.333. The number of pyridine rings is 1. The molecule has 0 spiro atoms. The lowest BCUT2D eigenvalue weighted by molar-refractivity contribution is 0.0519. The third-order valence-corrected chi connectivity index (χ3v) is 1.70. The van der Waals surface area contributed by atoms with Crippen molar-refractivity contribution in [3.05, 3.63) is 29.6 Å². The minimum atomic E-state index is -1.67. The second-order valence-corrected chi connectivity index (χ2v) is 5.34. The Hall–Kier alpha value is -0.360. The normalized spacial score (nSPS) is 9.47. The number of alkyl halides is 1. The molecule has 0 aliphatic heterocycles. The van der Waals surface area contributed by atoms with Crippen LogP contribution in [-0.4, -0.2) is 21.8 Å². The lowest BCUT2D eigenvalue weighted by Crippen LogP contribution is -2.07. The van der Waals surface area contributed by atoms with Gasteiger partial charge >= 0.3 is 5.97 Å². The van der Waals surface area contributed by atoms with Crippen LogP contribution in [0.1, 0.15) is 23.1 Å². The Morgan fingerprint density at radius 1 is 1.47 bits per heavy atom. The van der Waals surface area contributed by atoms with Crippen LogP contribution < -0.4 is 0 Å². The van der Waals surface area contributed by atoms with Gasteiger partial charge in [0, 0.05) is 21.4 Å². The highest BCUT2D eigenvalue weighted by Crippen LogP contribution is 2.03. The second-order valence-electron chi connectivity index (χ2n) is 2.55. The topological polar surface area (TPSA) is 56.3 Å². The van der Waals surface area contributed by atoms with E-state index in [1.807, 2.05) is 0 Å². The predicted octanol–water partition coefficient (Wildman–Crippen LogP) is 3.04. The minimum Gasteiger partial charge on any atom is -0.461 e. The van der Waals surface area contributed by atoms with Gasteiger partial charge in [0.05, 0.1) is 18.2 Å². The van der Waals surface area contributed by atoms with Crippen molar-refractivity contribution in [3.8, 4) is 0 Å². The maximum atomic E-state index is 11.2. The summed E-state index contributed by atoms with van der Waals surface area (Å²) in [6.07, 6.45) is 0. The molecule has 0 unspecified atom stereocenters. The second kappa shape index (κ2) is 9.65. The van der Waals surface area contributed by atoms with Crippen molar-refractivity contribution in [2.24, 2.45) is 0 Å². The summed E-state index contributed by atoms with van der Waals surface area (Å²) in [4.78, 5) is 15.2. The molecule has 0 aromatic carbocycles. The van der Waals surface area contributed by atoms with E-state index in [0.717, 1.165) is 0 Å². The monoisotopic (exact) mass is 317 g/mol. The smallest absolute Gasteiger partial charge is 0.356 e. The first-order valence-corrected chi connectivity index (χ1v) is 7.78. The first-order valence-electron chi connectivity index (χ1n) is 4.44. The van der Waals surface area contributed by atoms with Crippen molar-refractivity contribution in [1.29, 1.82) is 0 Å². The molecule has 0 saturated carbocycles. The van der Waals surface area contributed by atoms with E-state index in [-0.39, 0.29) is 0 Å². The van der Waals surface area contributed by atoms with Gasteiger partial charge in [0.2, 0.25) is 9.23 Å². The predicted molar refractivity (Wildman–Crippen MR) is 69.6 cm³/mol. The fourth-order valence-corrected chi connectivity index (χ4v) is 1.02. The van der Waals surface area contributed by atoms with Gasteiger partial charge < -0.3 is 4.74 Å². The molecule has 4 nitrogen and oxygen atoms in total. The zero-order valence-corrected chi connectivity index (χ0v) is 11.9. The summed E-state index contributed by atoms with van der Waals surface area (Å²) >= 11 is 5.57. The Morgan fingerprint density at radius 2 is 2.06 bits per heavy atom.